The number of nitrogens with zero attached hydrogens (tertiary/aromatic N) is 1. The van der Waals surface area contributed by atoms with E-state index in [1.165, 1.54) is 18.2 Å². The second-order valence-corrected chi connectivity index (χ2v) is 6.63. The molecule has 0 bridgehead atoms. The van der Waals surface area contributed by atoms with Crippen molar-refractivity contribution in [3.05, 3.63) is 29.0 Å². The maximum Gasteiger partial charge on any atom is 0.246 e. The summed E-state index contributed by atoms with van der Waals surface area (Å²) >= 11 is 5.64. The van der Waals surface area contributed by atoms with Crippen molar-refractivity contribution in [1.29, 1.82) is 0 Å². The van der Waals surface area contributed by atoms with Gasteiger partial charge in [-0.1, -0.05) is 31.5 Å². The van der Waals surface area contributed by atoms with Crippen molar-refractivity contribution < 1.29 is 17.9 Å². The molecule has 1 rings (SSSR count). The molecule has 0 aliphatic rings. The first-order valence-electron chi connectivity index (χ1n) is 6.46. The lowest BCUT2D eigenvalue weighted by Gasteiger charge is -2.29. The van der Waals surface area contributed by atoms with Gasteiger partial charge in [0, 0.05) is 12.6 Å². The van der Waals surface area contributed by atoms with E-state index in [1.807, 2.05) is 13.8 Å². The number of hydrogen-bond donors (Lipinski definition) is 1. The smallest absolute Gasteiger partial charge is 0.246 e. The Bertz CT molecular complexity index is 547. The second kappa shape index (κ2) is 7.36. The zero-order valence-electron chi connectivity index (χ0n) is 11.5. The first kappa shape index (κ1) is 17.4. The highest BCUT2D eigenvalue weighted by atomic mass is 35.5. The second-order valence-electron chi connectivity index (χ2n) is 4.36. The molecule has 0 saturated carbocycles. The summed E-state index contributed by atoms with van der Waals surface area (Å²) in [4.78, 5) is -0.453. The molecule has 0 amide bonds. The number of aliphatic hydroxyl groups excluding tert-OH is 1. The Hall–Kier alpha value is -0.690. The van der Waals surface area contributed by atoms with Gasteiger partial charge in [0.15, 0.2) is 5.82 Å². The van der Waals surface area contributed by atoms with Gasteiger partial charge in [-0.3, -0.25) is 0 Å². The van der Waals surface area contributed by atoms with Crippen LogP contribution >= 0.6 is 11.6 Å². The monoisotopic (exact) mass is 323 g/mol. The molecule has 1 N–H and O–H groups in total. The largest absolute Gasteiger partial charge is 0.395 e. The lowest BCUT2D eigenvalue weighted by Crippen LogP contribution is -2.41. The lowest BCUT2D eigenvalue weighted by molar-refractivity contribution is 0.219. The van der Waals surface area contributed by atoms with Gasteiger partial charge in [0.05, 0.1) is 11.6 Å². The van der Waals surface area contributed by atoms with Gasteiger partial charge < -0.3 is 5.11 Å². The quantitative estimate of drug-likeness (QED) is 0.839. The Morgan fingerprint density at radius 1 is 1.35 bits per heavy atom. The van der Waals surface area contributed by atoms with Crippen LogP contribution in [0.1, 0.15) is 26.7 Å². The van der Waals surface area contributed by atoms with Crippen LogP contribution in [0.2, 0.25) is 5.02 Å². The van der Waals surface area contributed by atoms with Crippen molar-refractivity contribution in [2.45, 2.75) is 37.6 Å². The fourth-order valence-electron chi connectivity index (χ4n) is 2.10. The van der Waals surface area contributed by atoms with E-state index in [2.05, 4.69) is 0 Å². The van der Waals surface area contributed by atoms with Crippen LogP contribution in [0.15, 0.2) is 23.1 Å². The molecule has 0 aliphatic heterocycles. The highest BCUT2D eigenvalue weighted by molar-refractivity contribution is 7.89. The third-order valence-electron chi connectivity index (χ3n) is 3.17. The van der Waals surface area contributed by atoms with E-state index in [-0.39, 0.29) is 24.2 Å². The fourth-order valence-corrected chi connectivity index (χ4v) is 4.19. The number of rotatable bonds is 7. The van der Waals surface area contributed by atoms with E-state index in [0.29, 0.717) is 12.8 Å². The number of benzene rings is 1. The zero-order chi connectivity index (χ0) is 15.3. The molecule has 0 fully saturated rings. The van der Waals surface area contributed by atoms with Crippen molar-refractivity contribution in [3.8, 4) is 0 Å². The normalized spacial score (nSPS) is 12.3. The van der Waals surface area contributed by atoms with Crippen molar-refractivity contribution >= 4 is 21.6 Å². The maximum absolute atomic E-state index is 14.0. The maximum atomic E-state index is 14.0. The third kappa shape index (κ3) is 3.49. The van der Waals surface area contributed by atoms with Crippen LogP contribution in [-0.4, -0.2) is 37.0 Å². The Labute approximate surface area is 124 Å². The highest BCUT2D eigenvalue weighted by Crippen LogP contribution is 2.27. The number of sulfonamides is 1. The summed E-state index contributed by atoms with van der Waals surface area (Å²) in [5.74, 6) is -0.955. The van der Waals surface area contributed by atoms with E-state index in [1.54, 1.807) is 0 Å². The van der Waals surface area contributed by atoms with Crippen LogP contribution in [0.25, 0.3) is 0 Å². The molecule has 114 valence electrons. The Kier molecular flexibility index (Phi) is 6.39. The molecule has 4 nitrogen and oxygen atoms in total. The molecule has 1 aromatic rings. The summed E-state index contributed by atoms with van der Waals surface area (Å²) in [5, 5.41) is 8.85. The summed E-state index contributed by atoms with van der Waals surface area (Å²) in [6, 6.07) is 3.58. The van der Waals surface area contributed by atoms with Crippen molar-refractivity contribution in [1.82, 2.24) is 4.31 Å². The molecule has 0 saturated heterocycles. The van der Waals surface area contributed by atoms with Crippen LogP contribution in [0, 0.1) is 5.82 Å². The molecule has 0 atom stereocenters. The van der Waals surface area contributed by atoms with Gasteiger partial charge in [-0.2, -0.15) is 4.31 Å². The average molecular weight is 324 g/mol. The molecule has 0 radical (unpaired) electrons. The van der Waals surface area contributed by atoms with E-state index < -0.39 is 20.7 Å². The minimum absolute atomic E-state index is 0.0688. The molecular formula is C13H19ClFNO3S. The molecule has 0 heterocycles. The summed E-state index contributed by atoms with van der Waals surface area (Å²) in [6.07, 6.45) is 1.16. The van der Waals surface area contributed by atoms with Gasteiger partial charge in [-0.05, 0) is 25.0 Å². The third-order valence-corrected chi connectivity index (χ3v) is 5.43. The molecular weight excluding hydrogens is 305 g/mol. The van der Waals surface area contributed by atoms with Crippen molar-refractivity contribution in [2.24, 2.45) is 0 Å². The topological polar surface area (TPSA) is 57.6 Å². The zero-order valence-corrected chi connectivity index (χ0v) is 13.1. The fraction of sp³-hybridized carbons (Fsp3) is 0.538. The predicted molar refractivity (Wildman–Crippen MR) is 76.8 cm³/mol. The van der Waals surface area contributed by atoms with E-state index in [9.17, 15) is 12.8 Å². The molecule has 0 aliphatic carbocycles. The highest BCUT2D eigenvalue weighted by Gasteiger charge is 2.32. The molecule has 7 heteroatoms. The summed E-state index contributed by atoms with van der Waals surface area (Å²) in [7, 11) is -4.03. The summed E-state index contributed by atoms with van der Waals surface area (Å²) in [6.45, 7) is 3.31. The van der Waals surface area contributed by atoms with E-state index >= 15 is 0 Å². The van der Waals surface area contributed by atoms with Gasteiger partial charge in [0.2, 0.25) is 10.0 Å². The lowest BCUT2D eigenvalue weighted by atomic mass is 10.2. The number of hydrogen-bond acceptors (Lipinski definition) is 3. The number of halogens is 2. The van der Waals surface area contributed by atoms with Crippen LogP contribution in [0.5, 0.6) is 0 Å². The minimum atomic E-state index is -4.03. The van der Waals surface area contributed by atoms with E-state index in [0.717, 1.165) is 4.31 Å². The van der Waals surface area contributed by atoms with Crippen LogP contribution in [-0.2, 0) is 10.0 Å². The Morgan fingerprint density at radius 2 is 1.95 bits per heavy atom. The standard InChI is InChI=1S/C13H19ClFNO3S/c1-3-10(4-2)16(8-9-17)20(18,19)12-7-5-6-11(14)13(12)15/h5-7,10,17H,3-4,8-9H2,1-2H3. The summed E-state index contributed by atoms with van der Waals surface area (Å²) < 4.78 is 40.3. The predicted octanol–water partition coefficient (Wildman–Crippen LogP) is 2.65. The minimum Gasteiger partial charge on any atom is -0.395 e. The average Bonchev–Trinajstić information content (AvgIpc) is 2.42. The van der Waals surface area contributed by atoms with Crippen molar-refractivity contribution in [2.75, 3.05) is 13.2 Å². The molecule has 20 heavy (non-hydrogen) atoms. The van der Waals surface area contributed by atoms with Gasteiger partial charge >= 0.3 is 0 Å². The Balaban J connectivity index is 3.33. The molecule has 0 unspecified atom stereocenters. The first-order valence-corrected chi connectivity index (χ1v) is 8.28. The molecule has 0 aromatic heterocycles. The number of aliphatic hydroxyl groups is 1. The van der Waals surface area contributed by atoms with Gasteiger partial charge in [0.1, 0.15) is 4.90 Å². The molecule has 1 aromatic carbocycles. The summed E-state index contributed by atoms with van der Waals surface area (Å²) in [5.41, 5.74) is 0. The van der Waals surface area contributed by atoms with Crippen LogP contribution in [0.3, 0.4) is 0 Å². The van der Waals surface area contributed by atoms with Crippen LogP contribution in [0.4, 0.5) is 4.39 Å². The molecule has 0 spiro atoms. The van der Waals surface area contributed by atoms with Crippen molar-refractivity contribution in [3.63, 3.8) is 0 Å². The van der Waals surface area contributed by atoms with E-state index in [4.69, 9.17) is 16.7 Å². The van der Waals surface area contributed by atoms with Crippen LogP contribution < -0.4 is 0 Å². The van der Waals surface area contributed by atoms with Gasteiger partial charge in [0.25, 0.3) is 0 Å². The SMILES string of the molecule is CCC(CC)N(CCO)S(=O)(=O)c1cccc(Cl)c1F. The Morgan fingerprint density at radius 3 is 2.45 bits per heavy atom. The van der Waals surface area contributed by atoms with Gasteiger partial charge in [-0.25, -0.2) is 12.8 Å². The van der Waals surface area contributed by atoms with Gasteiger partial charge in [-0.15, -0.1) is 0 Å². The first-order chi connectivity index (χ1) is 9.39.